The minimum absolute atomic E-state index is 0.223. The molecular formula is C17H38N2. The SMILES string of the molecule is CCCC(CNC(C)(C)C)N(CC)CC(CC)CC. The van der Waals surface area contributed by atoms with Crippen molar-refractivity contribution in [1.29, 1.82) is 0 Å². The Labute approximate surface area is 122 Å². The van der Waals surface area contributed by atoms with Crippen LogP contribution >= 0.6 is 0 Å². The summed E-state index contributed by atoms with van der Waals surface area (Å²) in [5.74, 6) is 0.856. The zero-order valence-corrected chi connectivity index (χ0v) is 14.6. The van der Waals surface area contributed by atoms with Gasteiger partial charge >= 0.3 is 0 Å². The predicted molar refractivity (Wildman–Crippen MR) is 87.8 cm³/mol. The van der Waals surface area contributed by atoms with E-state index in [0.29, 0.717) is 6.04 Å². The summed E-state index contributed by atoms with van der Waals surface area (Å²) in [4.78, 5) is 2.69. The molecule has 0 aromatic carbocycles. The fourth-order valence-electron chi connectivity index (χ4n) is 2.59. The molecule has 0 heterocycles. The normalized spacial score (nSPS) is 14.4. The maximum Gasteiger partial charge on any atom is 0.0220 e. The van der Waals surface area contributed by atoms with Gasteiger partial charge in [0.15, 0.2) is 0 Å². The van der Waals surface area contributed by atoms with Crippen LogP contribution in [0.2, 0.25) is 0 Å². The molecule has 19 heavy (non-hydrogen) atoms. The smallest absolute Gasteiger partial charge is 0.0220 e. The van der Waals surface area contributed by atoms with Crippen molar-refractivity contribution in [3.63, 3.8) is 0 Å². The maximum absolute atomic E-state index is 3.69. The zero-order valence-electron chi connectivity index (χ0n) is 14.6. The first kappa shape index (κ1) is 18.9. The van der Waals surface area contributed by atoms with Gasteiger partial charge in [-0.25, -0.2) is 0 Å². The molecule has 0 bridgehead atoms. The molecule has 0 aliphatic rings. The van der Waals surface area contributed by atoms with Crippen molar-refractivity contribution < 1.29 is 0 Å². The first-order chi connectivity index (χ1) is 8.87. The second-order valence-corrected chi connectivity index (χ2v) is 6.84. The first-order valence-electron chi connectivity index (χ1n) is 8.36. The molecule has 0 aliphatic carbocycles. The van der Waals surface area contributed by atoms with Gasteiger partial charge in [0.1, 0.15) is 0 Å². The molecule has 0 amide bonds. The average Bonchev–Trinajstić information content (AvgIpc) is 2.35. The third-order valence-corrected chi connectivity index (χ3v) is 4.06. The predicted octanol–water partition coefficient (Wildman–Crippen LogP) is 4.30. The van der Waals surface area contributed by atoms with Crippen molar-refractivity contribution in [3.05, 3.63) is 0 Å². The van der Waals surface area contributed by atoms with Crippen molar-refractivity contribution in [2.75, 3.05) is 19.6 Å². The lowest BCUT2D eigenvalue weighted by molar-refractivity contribution is 0.151. The van der Waals surface area contributed by atoms with Gasteiger partial charge in [0.25, 0.3) is 0 Å². The van der Waals surface area contributed by atoms with Gasteiger partial charge in [-0.15, -0.1) is 0 Å². The van der Waals surface area contributed by atoms with Crippen molar-refractivity contribution in [1.82, 2.24) is 10.2 Å². The molecule has 0 fully saturated rings. The Morgan fingerprint density at radius 1 is 1.00 bits per heavy atom. The molecule has 0 saturated carbocycles. The highest BCUT2D eigenvalue weighted by molar-refractivity contribution is 4.79. The molecular weight excluding hydrogens is 232 g/mol. The number of nitrogens with one attached hydrogen (secondary N) is 1. The van der Waals surface area contributed by atoms with Crippen LogP contribution in [-0.4, -0.2) is 36.1 Å². The highest BCUT2D eigenvalue weighted by atomic mass is 15.2. The van der Waals surface area contributed by atoms with Crippen LogP contribution in [0.25, 0.3) is 0 Å². The quantitative estimate of drug-likeness (QED) is 0.636. The Bertz CT molecular complexity index is 204. The van der Waals surface area contributed by atoms with Crippen LogP contribution < -0.4 is 5.32 Å². The summed E-state index contributed by atoms with van der Waals surface area (Å²) >= 11 is 0. The molecule has 1 unspecified atom stereocenters. The molecule has 0 spiro atoms. The molecule has 0 rings (SSSR count). The standard InChI is InChI=1S/C17H38N2/c1-8-12-16(13-18-17(5,6)7)19(11-4)14-15(9-2)10-3/h15-16,18H,8-14H2,1-7H3. The Morgan fingerprint density at radius 2 is 1.58 bits per heavy atom. The van der Waals surface area contributed by atoms with E-state index in [1.165, 1.54) is 38.8 Å². The molecule has 1 N–H and O–H groups in total. The van der Waals surface area contributed by atoms with Crippen LogP contribution in [0, 0.1) is 5.92 Å². The van der Waals surface area contributed by atoms with E-state index in [0.717, 1.165) is 12.5 Å². The topological polar surface area (TPSA) is 15.3 Å². The average molecular weight is 271 g/mol. The van der Waals surface area contributed by atoms with Crippen LogP contribution in [0.4, 0.5) is 0 Å². The lowest BCUT2D eigenvalue weighted by atomic mass is 10.00. The van der Waals surface area contributed by atoms with Crippen LogP contribution in [0.15, 0.2) is 0 Å². The fourth-order valence-corrected chi connectivity index (χ4v) is 2.59. The van der Waals surface area contributed by atoms with Crippen molar-refractivity contribution >= 4 is 0 Å². The van der Waals surface area contributed by atoms with Gasteiger partial charge in [-0.2, -0.15) is 0 Å². The molecule has 1 atom stereocenters. The zero-order chi connectivity index (χ0) is 14.9. The van der Waals surface area contributed by atoms with Crippen LogP contribution in [0.1, 0.15) is 74.1 Å². The van der Waals surface area contributed by atoms with Gasteiger partial charge in [0, 0.05) is 24.7 Å². The lowest BCUT2D eigenvalue weighted by Crippen LogP contribution is -2.48. The van der Waals surface area contributed by atoms with Crippen molar-refractivity contribution in [3.8, 4) is 0 Å². The Kier molecular flexibility index (Phi) is 9.72. The van der Waals surface area contributed by atoms with Gasteiger partial charge < -0.3 is 5.32 Å². The summed E-state index contributed by atoms with van der Waals surface area (Å²) in [6.07, 6.45) is 5.18. The molecule has 0 aliphatic heterocycles. The summed E-state index contributed by atoms with van der Waals surface area (Å²) in [7, 11) is 0. The molecule has 0 radical (unpaired) electrons. The molecule has 2 nitrogen and oxygen atoms in total. The van der Waals surface area contributed by atoms with E-state index >= 15 is 0 Å². The van der Waals surface area contributed by atoms with Crippen LogP contribution in [0.5, 0.6) is 0 Å². The largest absolute Gasteiger partial charge is 0.311 e. The van der Waals surface area contributed by atoms with E-state index in [-0.39, 0.29) is 5.54 Å². The first-order valence-corrected chi connectivity index (χ1v) is 8.36. The summed E-state index contributed by atoms with van der Waals surface area (Å²) in [6.45, 7) is 19.6. The van der Waals surface area contributed by atoms with E-state index in [9.17, 15) is 0 Å². The number of nitrogens with zero attached hydrogens (tertiary/aromatic N) is 1. The number of hydrogen-bond donors (Lipinski definition) is 1. The second kappa shape index (κ2) is 9.77. The van der Waals surface area contributed by atoms with Gasteiger partial charge in [0.05, 0.1) is 0 Å². The van der Waals surface area contributed by atoms with Crippen molar-refractivity contribution in [2.24, 2.45) is 5.92 Å². The van der Waals surface area contributed by atoms with Gasteiger partial charge in [0.2, 0.25) is 0 Å². The highest BCUT2D eigenvalue weighted by Crippen LogP contribution is 2.15. The van der Waals surface area contributed by atoms with E-state index in [1.807, 2.05) is 0 Å². The third-order valence-electron chi connectivity index (χ3n) is 4.06. The molecule has 0 aromatic heterocycles. The van der Waals surface area contributed by atoms with Crippen molar-refractivity contribution in [2.45, 2.75) is 85.7 Å². The van der Waals surface area contributed by atoms with Crippen LogP contribution in [0.3, 0.4) is 0 Å². The summed E-state index contributed by atoms with van der Waals surface area (Å²) in [5, 5.41) is 3.69. The van der Waals surface area contributed by atoms with E-state index in [1.54, 1.807) is 0 Å². The summed E-state index contributed by atoms with van der Waals surface area (Å²) in [6, 6.07) is 0.690. The second-order valence-electron chi connectivity index (χ2n) is 6.84. The Hall–Kier alpha value is -0.0800. The lowest BCUT2D eigenvalue weighted by Gasteiger charge is -2.35. The van der Waals surface area contributed by atoms with Crippen LogP contribution in [-0.2, 0) is 0 Å². The highest BCUT2D eigenvalue weighted by Gasteiger charge is 2.20. The van der Waals surface area contributed by atoms with Gasteiger partial charge in [-0.1, -0.05) is 47.0 Å². The molecule has 0 aromatic rings. The number of hydrogen-bond acceptors (Lipinski definition) is 2. The Balaban J connectivity index is 4.51. The summed E-state index contributed by atoms with van der Waals surface area (Å²) < 4.78 is 0. The summed E-state index contributed by atoms with van der Waals surface area (Å²) in [5.41, 5.74) is 0.223. The number of likely N-dealkylation sites (N-methyl/N-ethyl adjacent to an activating group) is 1. The van der Waals surface area contributed by atoms with E-state index < -0.39 is 0 Å². The van der Waals surface area contributed by atoms with E-state index in [4.69, 9.17) is 0 Å². The third kappa shape index (κ3) is 8.65. The van der Waals surface area contributed by atoms with E-state index in [2.05, 4.69) is 58.7 Å². The monoisotopic (exact) mass is 270 g/mol. The fraction of sp³-hybridized carbons (Fsp3) is 1.00. The maximum atomic E-state index is 3.69. The molecule has 116 valence electrons. The van der Waals surface area contributed by atoms with Gasteiger partial charge in [-0.05, 0) is 39.7 Å². The number of rotatable bonds is 10. The Morgan fingerprint density at radius 3 is 1.95 bits per heavy atom. The molecule has 2 heteroatoms. The minimum atomic E-state index is 0.223. The minimum Gasteiger partial charge on any atom is -0.311 e. The van der Waals surface area contributed by atoms with Gasteiger partial charge in [-0.3, -0.25) is 4.90 Å². The molecule has 0 saturated heterocycles.